The molecule has 8 atom stereocenters. The van der Waals surface area contributed by atoms with Crippen LogP contribution in [0.2, 0.25) is 0 Å². The SMILES string of the molecule is CSCCC(N)C(=O)NC(CC(C)C)C(=O)NCC(=O)NC(Cc1ccccc1)C(=O)NC(Cc1ccccc1)C(=O)NC(CCC(N)=O)C(=O)NC(CCC(N)=O)C(=O)N1CCCC1C(=O)NC(CCCCN)C(N)=O. The van der Waals surface area contributed by atoms with Gasteiger partial charge >= 0.3 is 0 Å². The molecule has 2 aromatic carbocycles. The van der Waals surface area contributed by atoms with Crippen molar-refractivity contribution in [2.24, 2.45) is 34.6 Å². The van der Waals surface area contributed by atoms with Crippen molar-refractivity contribution in [3.05, 3.63) is 71.8 Å². The molecule has 2 aromatic rings. The number of unbranched alkanes of at least 4 members (excludes halogenated alkanes) is 1. The third kappa shape index (κ3) is 23.3. The molecule has 0 radical (unpaired) electrons. The van der Waals surface area contributed by atoms with Crippen LogP contribution in [0.3, 0.4) is 0 Å². The van der Waals surface area contributed by atoms with Crippen LogP contribution in [-0.4, -0.2) is 150 Å². The Labute approximate surface area is 453 Å². The molecule has 0 aliphatic carbocycles. The molecule has 1 aliphatic rings. The lowest BCUT2D eigenvalue weighted by molar-refractivity contribution is -0.142. The monoisotopic (exact) mass is 1090 g/mol. The fourth-order valence-corrected chi connectivity index (χ4v) is 8.97. The number of thioether (sulfide) groups is 1. The van der Waals surface area contributed by atoms with Crippen LogP contribution >= 0.6 is 11.8 Å². The fourth-order valence-electron chi connectivity index (χ4n) is 8.48. The molecule has 24 nitrogen and oxygen atoms in total. The third-order valence-corrected chi connectivity index (χ3v) is 13.3. The molecule has 1 aliphatic heterocycles. The van der Waals surface area contributed by atoms with Gasteiger partial charge in [-0.2, -0.15) is 11.8 Å². The van der Waals surface area contributed by atoms with Crippen molar-refractivity contribution in [2.75, 3.05) is 31.6 Å². The van der Waals surface area contributed by atoms with Gasteiger partial charge in [-0.3, -0.25) is 52.7 Å². The van der Waals surface area contributed by atoms with Crippen LogP contribution in [0.15, 0.2) is 60.7 Å². The molecule has 1 fully saturated rings. The highest BCUT2D eigenvalue weighted by Crippen LogP contribution is 2.21. The summed E-state index contributed by atoms with van der Waals surface area (Å²) in [5.74, 6) is -7.89. The first-order chi connectivity index (χ1) is 36.6. The average molecular weight is 1090 g/mol. The topological polar surface area (TPSA) is 405 Å². The number of nitrogens with two attached hydrogens (primary N) is 5. The fraction of sp³-hybridized carbons (Fsp3) is 0.558. The number of amides is 11. The first-order valence-electron chi connectivity index (χ1n) is 25.9. The second-order valence-electron chi connectivity index (χ2n) is 19.4. The summed E-state index contributed by atoms with van der Waals surface area (Å²) in [6, 6.07) is 7.38. The van der Waals surface area contributed by atoms with Crippen LogP contribution in [0.25, 0.3) is 0 Å². The lowest BCUT2D eigenvalue weighted by Gasteiger charge is -2.30. The van der Waals surface area contributed by atoms with E-state index >= 15 is 0 Å². The molecule has 3 rings (SSSR count). The van der Waals surface area contributed by atoms with E-state index in [1.807, 2.05) is 20.1 Å². The molecular formula is C52H79N13O11S. The van der Waals surface area contributed by atoms with E-state index in [2.05, 4.69) is 37.2 Å². The summed E-state index contributed by atoms with van der Waals surface area (Å²) in [6.45, 7) is 3.57. The van der Waals surface area contributed by atoms with Crippen molar-refractivity contribution < 1.29 is 52.7 Å². The van der Waals surface area contributed by atoms with Crippen molar-refractivity contribution >= 4 is 76.7 Å². The van der Waals surface area contributed by atoms with Crippen molar-refractivity contribution in [3.63, 3.8) is 0 Å². The van der Waals surface area contributed by atoms with Gasteiger partial charge in [-0.1, -0.05) is 74.5 Å². The van der Waals surface area contributed by atoms with Crippen LogP contribution < -0.4 is 65.9 Å². The van der Waals surface area contributed by atoms with E-state index in [4.69, 9.17) is 28.7 Å². The maximum absolute atomic E-state index is 14.5. The molecule has 8 unspecified atom stereocenters. The number of carbonyl (C=O) groups excluding carboxylic acids is 11. The first-order valence-corrected chi connectivity index (χ1v) is 27.3. The van der Waals surface area contributed by atoms with E-state index in [0.29, 0.717) is 49.1 Å². The van der Waals surface area contributed by atoms with E-state index in [9.17, 15) is 52.7 Å². The predicted octanol–water partition coefficient (Wildman–Crippen LogP) is -2.24. The van der Waals surface area contributed by atoms with Gasteiger partial charge in [0.05, 0.1) is 12.6 Å². The van der Waals surface area contributed by atoms with Crippen molar-refractivity contribution in [1.29, 1.82) is 0 Å². The Hall–Kier alpha value is -7.12. The molecule has 77 heavy (non-hydrogen) atoms. The zero-order valence-electron chi connectivity index (χ0n) is 44.2. The van der Waals surface area contributed by atoms with Crippen molar-refractivity contribution in [2.45, 2.75) is 146 Å². The number of carbonyl (C=O) groups is 11. The van der Waals surface area contributed by atoms with Crippen LogP contribution in [-0.2, 0) is 65.6 Å². The van der Waals surface area contributed by atoms with E-state index in [0.717, 1.165) is 0 Å². The Bertz CT molecular complexity index is 2310. The molecule has 17 N–H and O–H groups in total. The first kappa shape index (κ1) is 64.2. The van der Waals surface area contributed by atoms with Gasteiger partial charge in [0.1, 0.15) is 42.3 Å². The van der Waals surface area contributed by atoms with Gasteiger partial charge in [-0.15, -0.1) is 0 Å². The molecule has 1 heterocycles. The lowest BCUT2D eigenvalue weighted by atomic mass is 10.0. The van der Waals surface area contributed by atoms with Crippen LogP contribution in [0.5, 0.6) is 0 Å². The highest BCUT2D eigenvalue weighted by Gasteiger charge is 2.40. The number of rotatable bonds is 35. The number of benzene rings is 2. The van der Waals surface area contributed by atoms with Gasteiger partial charge in [0.25, 0.3) is 0 Å². The van der Waals surface area contributed by atoms with Crippen molar-refractivity contribution in [3.8, 4) is 0 Å². The van der Waals surface area contributed by atoms with Crippen LogP contribution in [0.4, 0.5) is 0 Å². The highest BCUT2D eigenvalue weighted by atomic mass is 32.2. The molecule has 0 saturated carbocycles. The Kier molecular flexibility index (Phi) is 28.2. The second kappa shape index (κ2) is 33.8. The number of likely N-dealkylation sites (tertiary alicyclic amines) is 1. The Morgan fingerprint density at radius 1 is 0.610 bits per heavy atom. The maximum Gasteiger partial charge on any atom is 0.245 e. The number of nitrogens with zero attached hydrogens (tertiary/aromatic N) is 1. The van der Waals surface area contributed by atoms with Gasteiger partial charge in [-0.25, -0.2) is 0 Å². The third-order valence-electron chi connectivity index (χ3n) is 12.6. The number of hydrogen-bond acceptors (Lipinski definition) is 14. The van der Waals surface area contributed by atoms with Crippen LogP contribution in [0.1, 0.15) is 95.6 Å². The van der Waals surface area contributed by atoms with E-state index in [1.54, 1.807) is 60.7 Å². The molecule has 1 saturated heterocycles. The molecule has 0 spiro atoms. The minimum absolute atomic E-state index is 0.0263. The molecule has 25 heteroatoms. The van der Waals surface area contributed by atoms with Gasteiger partial charge in [-0.05, 0) is 93.4 Å². The summed E-state index contributed by atoms with van der Waals surface area (Å²) in [5.41, 5.74) is 29.3. The van der Waals surface area contributed by atoms with Crippen molar-refractivity contribution in [1.82, 2.24) is 42.1 Å². The van der Waals surface area contributed by atoms with Crippen LogP contribution in [0, 0.1) is 5.92 Å². The van der Waals surface area contributed by atoms with Gasteiger partial charge in [0.15, 0.2) is 0 Å². The molecule has 0 bridgehead atoms. The standard InChI is InChI=1S/C52H79N13O11S/c1-31(2)27-38(63-46(70)34(54)23-26-77-3)47(71)58-30-44(68)59-39(28-32-13-6-4-7-14-32)49(73)64-40(29-33-15-8-5-9-16-33)50(74)61-36(19-21-42(55)66)48(72)62-37(20-22-43(56)67)52(76)65-25-12-18-41(65)51(75)60-35(45(57)69)17-10-11-24-53/h4-9,13-16,31,34-41H,10-12,17-30,53-54H2,1-3H3,(H2,55,66)(H2,56,67)(H2,57,69)(H,58,71)(H,59,68)(H,60,75)(H,61,74)(H,62,72)(H,63,70)(H,64,73). The van der Waals surface area contributed by atoms with Gasteiger partial charge in [0, 0.05) is 32.2 Å². The highest BCUT2D eigenvalue weighted by molar-refractivity contribution is 7.98. The molecule has 424 valence electrons. The quantitative estimate of drug-likeness (QED) is 0.0325. The number of hydrogen-bond donors (Lipinski definition) is 12. The second-order valence-corrected chi connectivity index (χ2v) is 20.4. The summed E-state index contributed by atoms with van der Waals surface area (Å²) in [4.78, 5) is 149. The summed E-state index contributed by atoms with van der Waals surface area (Å²) in [5, 5.41) is 18.4. The van der Waals surface area contributed by atoms with Gasteiger partial charge < -0.3 is 70.8 Å². The van der Waals surface area contributed by atoms with E-state index < -0.39 is 126 Å². The Balaban J connectivity index is 1.90. The zero-order valence-corrected chi connectivity index (χ0v) is 45.0. The predicted molar refractivity (Wildman–Crippen MR) is 289 cm³/mol. The Morgan fingerprint density at radius 2 is 1.13 bits per heavy atom. The largest absolute Gasteiger partial charge is 0.370 e. The Morgan fingerprint density at radius 3 is 1.66 bits per heavy atom. The summed E-state index contributed by atoms with van der Waals surface area (Å²) < 4.78 is 0. The van der Waals surface area contributed by atoms with E-state index in [-0.39, 0.29) is 63.8 Å². The molecular weight excluding hydrogens is 1010 g/mol. The van der Waals surface area contributed by atoms with Gasteiger partial charge in [0.2, 0.25) is 65.0 Å². The maximum atomic E-state index is 14.5. The lowest BCUT2D eigenvalue weighted by Crippen LogP contribution is -2.60. The molecule has 0 aromatic heterocycles. The number of primary amides is 3. The summed E-state index contributed by atoms with van der Waals surface area (Å²) in [6.07, 6.45) is 2.67. The summed E-state index contributed by atoms with van der Waals surface area (Å²) in [7, 11) is 0. The number of nitrogens with one attached hydrogen (secondary N) is 7. The minimum atomic E-state index is -1.57. The zero-order chi connectivity index (χ0) is 57.0. The molecule has 11 amide bonds. The summed E-state index contributed by atoms with van der Waals surface area (Å²) >= 11 is 1.52. The average Bonchev–Trinajstić information content (AvgIpc) is 3.89. The van der Waals surface area contributed by atoms with E-state index in [1.165, 1.54) is 16.7 Å². The smallest absolute Gasteiger partial charge is 0.245 e. The normalized spacial score (nSPS) is 15.8. The minimum Gasteiger partial charge on any atom is -0.370 e.